The third kappa shape index (κ3) is 4.40. The normalized spacial score (nSPS) is 22.5. The Hall–Kier alpha value is -2.30. The molecular formula is C25H36N4O. The van der Waals surface area contributed by atoms with Crippen LogP contribution in [0.1, 0.15) is 81.3 Å². The van der Waals surface area contributed by atoms with Crippen LogP contribution in [0.2, 0.25) is 0 Å². The first-order chi connectivity index (χ1) is 14.3. The van der Waals surface area contributed by atoms with E-state index in [1.807, 2.05) is 4.90 Å². The zero-order valence-corrected chi connectivity index (χ0v) is 18.9. The number of benzene rings is 1. The molecule has 2 atom stereocenters. The Morgan fingerprint density at radius 3 is 2.33 bits per heavy atom. The molecule has 2 aliphatic heterocycles. The minimum absolute atomic E-state index is 0.0177. The second-order valence-corrected chi connectivity index (χ2v) is 10.1. The summed E-state index contributed by atoms with van der Waals surface area (Å²) in [6, 6.07) is 11.4. The SMILES string of the molecule is CCc1ccc(C2CC(c3cc(C(C)(C)C)n[nH]3)CN(C(=O)N3CCCC3)C2)cc1. The number of rotatable bonds is 3. The van der Waals surface area contributed by atoms with Crippen molar-refractivity contribution in [2.45, 2.75) is 70.6 Å². The van der Waals surface area contributed by atoms with Crippen LogP contribution in [-0.4, -0.2) is 52.2 Å². The van der Waals surface area contributed by atoms with Crippen LogP contribution in [0.5, 0.6) is 0 Å². The molecule has 5 nitrogen and oxygen atoms in total. The molecule has 3 heterocycles. The van der Waals surface area contributed by atoms with E-state index in [1.54, 1.807) is 0 Å². The summed E-state index contributed by atoms with van der Waals surface area (Å²) >= 11 is 0. The van der Waals surface area contributed by atoms with E-state index < -0.39 is 0 Å². The number of piperidine rings is 1. The summed E-state index contributed by atoms with van der Waals surface area (Å²) in [5.41, 5.74) is 4.97. The number of aromatic nitrogens is 2. The van der Waals surface area contributed by atoms with Crippen molar-refractivity contribution in [3.8, 4) is 0 Å². The van der Waals surface area contributed by atoms with Crippen LogP contribution < -0.4 is 0 Å². The highest BCUT2D eigenvalue weighted by molar-refractivity contribution is 5.75. The number of carbonyl (C=O) groups is 1. The molecule has 1 aromatic heterocycles. The maximum Gasteiger partial charge on any atom is 0.320 e. The summed E-state index contributed by atoms with van der Waals surface area (Å²) in [4.78, 5) is 17.4. The number of amides is 2. The number of carbonyl (C=O) groups excluding carboxylic acids is 1. The Bertz CT molecular complexity index is 858. The lowest BCUT2D eigenvalue weighted by Gasteiger charge is -2.39. The first-order valence-electron chi connectivity index (χ1n) is 11.5. The molecular weight excluding hydrogens is 372 g/mol. The fourth-order valence-corrected chi connectivity index (χ4v) is 4.79. The minimum Gasteiger partial charge on any atom is -0.325 e. The summed E-state index contributed by atoms with van der Waals surface area (Å²) in [5.74, 6) is 0.632. The van der Waals surface area contributed by atoms with Crippen LogP contribution in [0.25, 0.3) is 0 Å². The predicted molar refractivity (Wildman–Crippen MR) is 121 cm³/mol. The van der Waals surface area contributed by atoms with Crippen molar-refractivity contribution < 1.29 is 4.79 Å². The van der Waals surface area contributed by atoms with Gasteiger partial charge in [-0.3, -0.25) is 5.10 Å². The molecule has 2 aromatic rings. The number of hydrogen-bond donors (Lipinski definition) is 1. The van der Waals surface area contributed by atoms with Crippen molar-refractivity contribution in [3.63, 3.8) is 0 Å². The fraction of sp³-hybridized carbons (Fsp3) is 0.600. The average molecular weight is 409 g/mol. The first-order valence-corrected chi connectivity index (χ1v) is 11.5. The van der Waals surface area contributed by atoms with Gasteiger partial charge in [-0.25, -0.2) is 4.79 Å². The number of H-pyrrole nitrogens is 1. The minimum atomic E-state index is 0.0177. The summed E-state index contributed by atoms with van der Waals surface area (Å²) in [5, 5.41) is 7.89. The van der Waals surface area contributed by atoms with Crippen molar-refractivity contribution in [2.24, 2.45) is 0 Å². The van der Waals surface area contributed by atoms with Gasteiger partial charge in [-0.1, -0.05) is 52.0 Å². The number of nitrogens with one attached hydrogen (secondary N) is 1. The highest BCUT2D eigenvalue weighted by Crippen LogP contribution is 2.37. The van der Waals surface area contributed by atoms with E-state index in [0.717, 1.165) is 63.3 Å². The lowest BCUT2D eigenvalue weighted by atomic mass is 9.82. The highest BCUT2D eigenvalue weighted by atomic mass is 16.2. The van der Waals surface area contributed by atoms with Crippen molar-refractivity contribution in [1.29, 1.82) is 0 Å². The Labute approximate surface area is 180 Å². The van der Waals surface area contributed by atoms with E-state index in [4.69, 9.17) is 0 Å². The molecule has 0 radical (unpaired) electrons. The number of aryl methyl sites for hydroxylation is 1. The fourth-order valence-electron chi connectivity index (χ4n) is 4.79. The molecule has 1 N–H and O–H groups in total. The van der Waals surface area contributed by atoms with Gasteiger partial charge in [0, 0.05) is 49.1 Å². The smallest absolute Gasteiger partial charge is 0.320 e. The van der Waals surface area contributed by atoms with Crippen LogP contribution >= 0.6 is 0 Å². The third-order valence-corrected chi connectivity index (χ3v) is 6.76. The number of aromatic amines is 1. The standard InChI is InChI=1S/C25H36N4O/c1-5-18-8-10-19(11-9-18)20-14-21(22-15-23(27-26-22)25(2,3)4)17-29(16-20)24(30)28-12-6-7-13-28/h8-11,15,20-21H,5-7,12-14,16-17H2,1-4H3,(H,26,27). The second-order valence-electron chi connectivity index (χ2n) is 10.1. The van der Waals surface area contributed by atoms with E-state index in [0.29, 0.717) is 5.92 Å². The van der Waals surface area contributed by atoms with E-state index in [1.165, 1.54) is 11.1 Å². The zero-order chi connectivity index (χ0) is 21.3. The van der Waals surface area contributed by atoms with Crippen LogP contribution in [0, 0.1) is 0 Å². The number of urea groups is 1. The highest BCUT2D eigenvalue weighted by Gasteiger charge is 2.35. The quantitative estimate of drug-likeness (QED) is 0.772. The molecule has 0 aliphatic carbocycles. The van der Waals surface area contributed by atoms with E-state index >= 15 is 0 Å². The molecule has 2 saturated heterocycles. The zero-order valence-electron chi connectivity index (χ0n) is 18.9. The molecule has 162 valence electrons. The Morgan fingerprint density at radius 2 is 1.73 bits per heavy atom. The second kappa shape index (κ2) is 8.44. The predicted octanol–water partition coefficient (Wildman–Crippen LogP) is 5.06. The number of likely N-dealkylation sites (tertiary alicyclic amines) is 2. The molecule has 2 unspecified atom stereocenters. The Kier molecular flexibility index (Phi) is 5.90. The lowest BCUT2D eigenvalue weighted by molar-refractivity contribution is 0.140. The summed E-state index contributed by atoms with van der Waals surface area (Å²) in [7, 11) is 0. The molecule has 2 amide bonds. The maximum absolute atomic E-state index is 13.2. The van der Waals surface area contributed by atoms with E-state index in [2.05, 4.69) is 73.1 Å². The van der Waals surface area contributed by atoms with Crippen LogP contribution in [0.3, 0.4) is 0 Å². The van der Waals surface area contributed by atoms with Gasteiger partial charge < -0.3 is 9.80 Å². The van der Waals surface area contributed by atoms with Gasteiger partial charge in [0.05, 0.1) is 5.69 Å². The van der Waals surface area contributed by atoms with Gasteiger partial charge in [0.2, 0.25) is 0 Å². The molecule has 0 bridgehead atoms. The van der Waals surface area contributed by atoms with Crippen LogP contribution in [0.15, 0.2) is 30.3 Å². The molecule has 0 spiro atoms. The van der Waals surface area contributed by atoms with Gasteiger partial charge in [-0.2, -0.15) is 5.10 Å². The van der Waals surface area contributed by atoms with E-state index in [9.17, 15) is 4.79 Å². The molecule has 2 aliphatic rings. The van der Waals surface area contributed by atoms with Gasteiger partial charge >= 0.3 is 6.03 Å². The van der Waals surface area contributed by atoms with Gasteiger partial charge in [0.15, 0.2) is 0 Å². The summed E-state index contributed by atoms with van der Waals surface area (Å²) in [6.07, 6.45) is 4.35. The van der Waals surface area contributed by atoms with Crippen molar-refractivity contribution in [2.75, 3.05) is 26.2 Å². The molecule has 5 heteroatoms. The van der Waals surface area contributed by atoms with Crippen molar-refractivity contribution in [3.05, 3.63) is 52.8 Å². The molecule has 30 heavy (non-hydrogen) atoms. The maximum atomic E-state index is 13.2. The monoisotopic (exact) mass is 408 g/mol. The Morgan fingerprint density at radius 1 is 1.07 bits per heavy atom. The van der Waals surface area contributed by atoms with Crippen molar-refractivity contribution >= 4 is 6.03 Å². The topological polar surface area (TPSA) is 52.2 Å². The third-order valence-electron chi connectivity index (χ3n) is 6.76. The van der Waals surface area contributed by atoms with Gasteiger partial charge in [0.1, 0.15) is 0 Å². The molecule has 2 fully saturated rings. The van der Waals surface area contributed by atoms with Gasteiger partial charge in [-0.05, 0) is 42.9 Å². The largest absolute Gasteiger partial charge is 0.325 e. The molecule has 4 rings (SSSR count). The van der Waals surface area contributed by atoms with Gasteiger partial charge in [0.25, 0.3) is 0 Å². The first kappa shape index (κ1) is 21.0. The van der Waals surface area contributed by atoms with Gasteiger partial charge in [-0.15, -0.1) is 0 Å². The average Bonchev–Trinajstić information content (AvgIpc) is 3.45. The van der Waals surface area contributed by atoms with Crippen molar-refractivity contribution in [1.82, 2.24) is 20.0 Å². The van der Waals surface area contributed by atoms with Crippen LogP contribution in [-0.2, 0) is 11.8 Å². The lowest BCUT2D eigenvalue weighted by Crippen LogP contribution is -2.48. The summed E-state index contributed by atoms with van der Waals surface area (Å²) in [6.45, 7) is 12.1. The molecule has 1 aromatic carbocycles. The Balaban J connectivity index is 1.60. The number of hydrogen-bond acceptors (Lipinski definition) is 2. The number of nitrogens with zero attached hydrogens (tertiary/aromatic N) is 3. The van der Waals surface area contributed by atoms with E-state index in [-0.39, 0.29) is 17.4 Å². The molecule has 0 saturated carbocycles. The van der Waals surface area contributed by atoms with Crippen LogP contribution in [0.4, 0.5) is 4.79 Å². The summed E-state index contributed by atoms with van der Waals surface area (Å²) < 4.78 is 0.